The zero-order valence-corrected chi connectivity index (χ0v) is 28.8. The van der Waals surface area contributed by atoms with Crippen LogP contribution >= 0.6 is 0 Å². The average molecular weight is 635 g/mol. The maximum Gasteiger partial charge on any atom is 0.306 e. The summed E-state index contributed by atoms with van der Waals surface area (Å²) in [5.41, 5.74) is 0. The van der Waals surface area contributed by atoms with E-state index in [2.05, 4.69) is 111 Å². The lowest BCUT2D eigenvalue weighted by molar-refractivity contribution is -0.161. The molecule has 0 radical (unpaired) electrons. The highest BCUT2D eigenvalue weighted by Gasteiger charge is 2.15. The minimum Gasteiger partial charge on any atom is -0.462 e. The van der Waals surface area contributed by atoms with Crippen LogP contribution in [-0.4, -0.2) is 36.4 Å². The van der Waals surface area contributed by atoms with Gasteiger partial charge < -0.3 is 14.6 Å². The van der Waals surface area contributed by atoms with E-state index >= 15 is 0 Å². The van der Waals surface area contributed by atoms with Crippen LogP contribution in [-0.2, 0) is 19.1 Å². The molecule has 0 heterocycles. The third kappa shape index (κ3) is 33.5. The van der Waals surface area contributed by atoms with Crippen LogP contribution in [0.4, 0.5) is 0 Å². The molecule has 0 amide bonds. The first-order chi connectivity index (χ1) is 22.6. The van der Waals surface area contributed by atoms with Gasteiger partial charge >= 0.3 is 11.9 Å². The van der Waals surface area contributed by atoms with Crippen LogP contribution in [0.3, 0.4) is 0 Å². The first-order valence-corrected chi connectivity index (χ1v) is 17.4. The topological polar surface area (TPSA) is 72.8 Å². The molecule has 0 aromatic carbocycles. The number of hydrogen-bond donors (Lipinski definition) is 1. The summed E-state index contributed by atoms with van der Waals surface area (Å²) < 4.78 is 10.5. The zero-order valence-electron chi connectivity index (χ0n) is 28.8. The Morgan fingerprint density at radius 1 is 0.500 bits per heavy atom. The maximum absolute atomic E-state index is 12.1. The highest BCUT2D eigenvalue weighted by Crippen LogP contribution is 2.07. The Kier molecular flexibility index (Phi) is 33.3. The van der Waals surface area contributed by atoms with E-state index in [4.69, 9.17) is 9.47 Å². The molecule has 0 aliphatic heterocycles. The van der Waals surface area contributed by atoms with Crippen molar-refractivity contribution in [2.45, 2.75) is 123 Å². The second-order valence-corrected chi connectivity index (χ2v) is 10.8. The fourth-order valence-electron chi connectivity index (χ4n) is 4.00. The molecule has 1 unspecified atom stereocenters. The SMILES string of the molecule is CC/C=C\C/C=C\C/C=C\C/C=C\C/C=C\C/C=C\CCC(=O)OC(CO)COC(=O)CCCCC/C=C\C/C=C\C/C=C\CC. The lowest BCUT2D eigenvalue weighted by Gasteiger charge is -2.15. The quantitative estimate of drug-likeness (QED) is 0.0503. The second-order valence-electron chi connectivity index (χ2n) is 10.8. The van der Waals surface area contributed by atoms with Gasteiger partial charge in [0.2, 0.25) is 0 Å². The van der Waals surface area contributed by atoms with Gasteiger partial charge in [-0.15, -0.1) is 0 Å². The molecule has 0 bridgehead atoms. The number of aliphatic hydroxyl groups is 1. The smallest absolute Gasteiger partial charge is 0.306 e. The van der Waals surface area contributed by atoms with Gasteiger partial charge in [-0.2, -0.15) is 0 Å². The molecular formula is C41H62O5. The molecule has 0 fully saturated rings. The summed E-state index contributed by atoms with van der Waals surface area (Å²) >= 11 is 0. The van der Waals surface area contributed by atoms with E-state index in [0.717, 1.165) is 83.5 Å². The average Bonchev–Trinajstić information content (AvgIpc) is 3.06. The number of carbonyl (C=O) groups excluding carboxylic acids is 2. The van der Waals surface area contributed by atoms with E-state index in [1.165, 1.54) is 0 Å². The number of allylic oxidation sites excluding steroid dienone is 18. The van der Waals surface area contributed by atoms with Crippen LogP contribution in [0.5, 0.6) is 0 Å². The molecule has 256 valence electrons. The van der Waals surface area contributed by atoms with Gasteiger partial charge in [0.05, 0.1) is 6.61 Å². The number of aliphatic hydroxyl groups excluding tert-OH is 1. The molecule has 1 N–H and O–H groups in total. The van der Waals surface area contributed by atoms with Crippen LogP contribution in [0, 0.1) is 0 Å². The van der Waals surface area contributed by atoms with Crippen molar-refractivity contribution in [3.63, 3.8) is 0 Å². The standard InChI is InChI=1S/C41H62O5/c1-3-5-7-9-11-13-15-17-18-19-20-21-22-24-26-28-30-32-34-36-41(44)46-39(37-42)38-45-40(43)35-33-31-29-27-25-23-16-14-12-10-8-6-4-2/h5-8,11-14,17-18,20-21,23-26,30,32,39,42H,3-4,9-10,15-16,19,22,27-29,31,33-38H2,1-2H3/b7-5-,8-6-,13-11-,14-12-,18-17-,21-20-,25-23-,26-24-,32-30-. The lowest BCUT2D eigenvalue weighted by atomic mass is 10.1. The number of ether oxygens (including phenoxy) is 2. The molecule has 46 heavy (non-hydrogen) atoms. The molecular weight excluding hydrogens is 572 g/mol. The summed E-state index contributed by atoms with van der Waals surface area (Å²) in [5.74, 6) is -0.739. The van der Waals surface area contributed by atoms with Gasteiger partial charge in [0, 0.05) is 12.8 Å². The fourth-order valence-corrected chi connectivity index (χ4v) is 4.00. The summed E-state index contributed by atoms with van der Waals surface area (Å²) in [4.78, 5) is 24.1. The summed E-state index contributed by atoms with van der Waals surface area (Å²) in [6.07, 6.45) is 51.5. The molecule has 0 aliphatic rings. The molecule has 5 heteroatoms. The van der Waals surface area contributed by atoms with Crippen molar-refractivity contribution in [2.75, 3.05) is 13.2 Å². The first kappa shape index (κ1) is 42.6. The van der Waals surface area contributed by atoms with Crippen molar-refractivity contribution in [1.29, 1.82) is 0 Å². The Balaban J connectivity index is 3.82. The van der Waals surface area contributed by atoms with E-state index in [-0.39, 0.29) is 25.6 Å². The molecule has 0 rings (SSSR count). The van der Waals surface area contributed by atoms with Crippen molar-refractivity contribution in [3.8, 4) is 0 Å². The van der Waals surface area contributed by atoms with Crippen LogP contribution in [0.2, 0.25) is 0 Å². The van der Waals surface area contributed by atoms with E-state index < -0.39 is 12.1 Å². The van der Waals surface area contributed by atoms with Crippen molar-refractivity contribution < 1.29 is 24.2 Å². The largest absolute Gasteiger partial charge is 0.462 e. The first-order valence-electron chi connectivity index (χ1n) is 17.4. The van der Waals surface area contributed by atoms with Crippen LogP contribution in [0.15, 0.2) is 109 Å². The Morgan fingerprint density at radius 3 is 1.35 bits per heavy atom. The van der Waals surface area contributed by atoms with Crippen LogP contribution < -0.4 is 0 Å². The Morgan fingerprint density at radius 2 is 0.913 bits per heavy atom. The molecule has 5 nitrogen and oxygen atoms in total. The zero-order chi connectivity index (χ0) is 33.6. The van der Waals surface area contributed by atoms with E-state index in [0.29, 0.717) is 12.8 Å². The Hall–Kier alpha value is -3.44. The fraction of sp³-hybridized carbons (Fsp3) is 0.512. The molecule has 0 saturated carbocycles. The minimum atomic E-state index is -0.830. The molecule has 0 spiro atoms. The second kappa shape index (κ2) is 36.0. The van der Waals surface area contributed by atoms with Gasteiger partial charge in [-0.25, -0.2) is 0 Å². The van der Waals surface area contributed by atoms with Gasteiger partial charge in [0.15, 0.2) is 6.10 Å². The third-order valence-corrected chi connectivity index (χ3v) is 6.58. The number of carbonyl (C=O) groups is 2. The number of unbranched alkanes of at least 4 members (excludes halogenated alkanes) is 3. The predicted molar refractivity (Wildman–Crippen MR) is 195 cm³/mol. The molecule has 0 aliphatic carbocycles. The summed E-state index contributed by atoms with van der Waals surface area (Å²) in [5, 5.41) is 9.51. The number of hydrogen-bond acceptors (Lipinski definition) is 5. The summed E-state index contributed by atoms with van der Waals surface area (Å²) in [6, 6.07) is 0. The van der Waals surface area contributed by atoms with Gasteiger partial charge in [-0.05, 0) is 83.5 Å². The lowest BCUT2D eigenvalue weighted by Crippen LogP contribution is -2.28. The molecule has 0 aromatic rings. The van der Waals surface area contributed by atoms with E-state index in [9.17, 15) is 14.7 Å². The van der Waals surface area contributed by atoms with Crippen molar-refractivity contribution in [3.05, 3.63) is 109 Å². The van der Waals surface area contributed by atoms with Crippen LogP contribution in [0.1, 0.15) is 117 Å². The van der Waals surface area contributed by atoms with E-state index in [1.807, 2.05) is 12.2 Å². The molecule has 0 aromatic heterocycles. The summed E-state index contributed by atoms with van der Waals surface area (Å²) in [6.45, 7) is 3.78. The Labute approximate surface area is 280 Å². The van der Waals surface area contributed by atoms with Crippen molar-refractivity contribution in [1.82, 2.24) is 0 Å². The van der Waals surface area contributed by atoms with Gasteiger partial charge in [0.25, 0.3) is 0 Å². The van der Waals surface area contributed by atoms with Crippen LogP contribution in [0.25, 0.3) is 0 Å². The molecule has 0 saturated heterocycles. The number of rotatable bonds is 29. The predicted octanol–water partition coefficient (Wildman–Crippen LogP) is 10.7. The van der Waals surface area contributed by atoms with Gasteiger partial charge in [-0.3, -0.25) is 9.59 Å². The molecule has 1 atom stereocenters. The Bertz CT molecular complexity index is 990. The maximum atomic E-state index is 12.1. The van der Waals surface area contributed by atoms with Gasteiger partial charge in [0.1, 0.15) is 6.61 Å². The summed E-state index contributed by atoms with van der Waals surface area (Å²) in [7, 11) is 0. The van der Waals surface area contributed by atoms with E-state index in [1.54, 1.807) is 0 Å². The minimum absolute atomic E-state index is 0.120. The normalized spacial score (nSPS) is 13.5. The third-order valence-electron chi connectivity index (χ3n) is 6.58. The highest BCUT2D eigenvalue weighted by atomic mass is 16.6. The monoisotopic (exact) mass is 634 g/mol. The highest BCUT2D eigenvalue weighted by molar-refractivity contribution is 5.70. The van der Waals surface area contributed by atoms with Gasteiger partial charge in [-0.1, -0.05) is 130 Å². The van der Waals surface area contributed by atoms with Crippen molar-refractivity contribution >= 4 is 11.9 Å². The number of esters is 2. The van der Waals surface area contributed by atoms with Crippen molar-refractivity contribution in [2.24, 2.45) is 0 Å².